The van der Waals surface area contributed by atoms with E-state index in [2.05, 4.69) is 10.3 Å². The molecule has 26 heavy (non-hydrogen) atoms. The maximum atomic E-state index is 12.3. The monoisotopic (exact) mass is 355 g/mol. The van der Waals surface area contributed by atoms with E-state index in [0.717, 1.165) is 17.0 Å². The highest BCUT2D eigenvalue weighted by Crippen LogP contribution is 2.17. The Hall–Kier alpha value is -2.60. The number of morpholine rings is 1. The fourth-order valence-corrected chi connectivity index (χ4v) is 2.82. The van der Waals surface area contributed by atoms with Gasteiger partial charge >= 0.3 is 6.03 Å². The normalized spacial score (nSPS) is 16.2. The number of pyridine rings is 1. The molecule has 2 aromatic rings. The predicted octanol–water partition coefficient (Wildman–Crippen LogP) is 2.98. The minimum atomic E-state index is -0.289. The van der Waals surface area contributed by atoms with Gasteiger partial charge in [-0.1, -0.05) is 18.2 Å². The molecule has 0 saturated carbocycles. The number of amides is 2. The highest BCUT2D eigenvalue weighted by molar-refractivity contribution is 5.74. The predicted molar refractivity (Wildman–Crippen MR) is 98.9 cm³/mol. The average Bonchev–Trinajstić information content (AvgIpc) is 2.65. The number of hydrogen-bond acceptors (Lipinski definition) is 4. The van der Waals surface area contributed by atoms with Crippen molar-refractivity contribution in [3.05, 3.63) is 59.9 Å². The Morgan fingerprint density at radius 3 is 2.77 bits per heavy atom. The lowest BCUT2D eigenvalue weighted by Crippen LogP contribution is -2.53. The molecule has 6 heteroatoms. The number of rotatable bonds is 5. The minimum Gasteiger partial charge on any atom is -0.487 e. The van der Waals surface area contributed by atoms with Crippen molar-refractivity contribution in [1.82, 2.24) is 15.2 Å². The van der Waals surface area contributed by atoms with Crippen molar-refractivity contribution >= 4 is 6.03 Å². The summed E-state index contributed by atoms with van der Waals surface area (Å²) >= 11 is 0. The second kappa shape index (κ2) is 8.19. The van der Waals surface area contributed by atoms with E-state index < -0.39 is 0 Å². The van der Waals surface area contributed by atoms with Crippen LogP contribution in [0.1, 0.15) is 25.1 Å². The van der Waals surface area contributed by atoms with Gasteiger partial charge in [0.15, 0.2) is 0 Å². The van der Waals surface area contributed by atoms with Crippen molar-refractivity contribution in [2.75, 3.05) is 19.7 Å². The molecule has 0 spiro atoms. The van der Waals surface area contributed by atoms with Crippen LogP contribution < -0.4 is 10.1 Å². The largest absolute Gasteiger partial charge is 0.487 e. The first kappa shape index (κ1) is 18.2. The molecule has 1 N–H and O–H groups in total. The first-order chi connectivity index (χ1) is 12.5. The first-order valence-corrected chi connectivity index (χ1v) is 8.80. The minimum absolute atomic E-state index is 0.0585. The number of carbonyl (C=O) groups excluding carboxylic acids is 1. The van der Waals surface area contributed by atoms with Gasteiger partial charge in [0.05, 0.1) is 24.4 Å². The summed E-state index contributed by atoms with van der Waals surface area (Å²) in [5, 5.41) is 2.96. The number of nitrogens with zero attached hydrogens (tertiary/aromatic N) is 2. The Morgan fingerprint density at radius 1 is 1.27 bits per heavy atom. The summed E-state index contributed by atoms with van der Waals surface area (Å²) < 4.78 is 11.4. The van der Waals surface area contributed by atoms with E-state index in [1.165, 1.54) is 0 Å². The van der Waals surface area contributed by atoms with E-state index in [9.17, 15) is 4.79 Å². The molecule has 1 aliphatic rings. The van der Waals surface area contributed by atoms with Crippen LogP contribution in [-0.2, 0) is 17.9 Å². The van der Waals surface area contributed by atoms with Gasteiger partial charge in [0.1, 0.15) is 12.4 Å². The van der Waals surface area contributed by atoms with Crippen molar-refractivity contribution in [3.63, 3.8) is 0 Å². The fraction of sp³-hybridized carbons (Fsp3) is 0.400. The lowest BCUT2D eigenvalue weighted by atomic mass is 10.1. The highest BCUT2D eigenvalue weighted by atomic mass is 16.5. The molecule has 138 valence electrons. The molecule has 1 aliphatic heterocycles. The van der Waals surface area contributed by atoms with Crippen molar-refractivity contribution in [2.24, 2.45) is 0 Å². The van der Waals surface area contributed by atoms with Crippen LogP contribution in [0.4, 0.5) is 4.79 Å². The molecule has 1 saturated heterocycles. The molecule has 6 nitrogen and oxygen atoms in total. The summed E-state index contributed by atoms with van der Waals surface area (Å²) in [7, 11) is 0. The van der Waals surface area contributed by atoms with Crippen LogP contribution >= 0.6 is 0 Å². The lowest BCUT2D eigenvalue weighted by Gasteiger charge is -2.38. The summed E-state index contributed by atoms with van der Waals surface area (Å²) in [6.45, 7) is 6.70. The third-order valence-corrected chi connectivity index (χ3v) is 4.19. The van der Waals surface area contributed by atoms with Crippen molar-refractivity contribution < 1.29 is 14.3 Å². The van der Waals surface area contributed by atoms with Gasteiger partial charge in [-0.05, 0) is 43.7 Å². The molecule has 0 aliphatic carbocycles. The molecule has 3 rings (SSSR count). The van der Waals surface area contributed by atoms with E-state index in [1.807, 2.05) is 56.3 Å². The summed E-state index contributed by atoms with van der Waals surface area (Å²) in [5.41, 5.74) is 1.62. The second-order valence-electron chi connectivity index (χ2n) is 6.94. The van der Waals surface area contributed by atoms with Gasteiger partial charge in [0, 0.05) is 19.3 Å². The number of ether oxygens (including phenoxy) is 2. The highest BCUT2D eigenvalue weighted by Gasteiger charge is 2.29. The molecular formula is C20H25N3O3. The summed E-state index contributed by atoms with van der Waals surface area (Å²) in [5.74, 6) is 0.778. The summed E-state index contributed by atoms with van der Waals surface area (Å²) in [4.78, 5) is 18.3. The molecule has 1 fully saturated rings. The molecule has 2 amide bonds. The van der Waals surface area contributed by atoms with E-state index in [-0.39, 0.29) is 11.6 Å². The SMILES string of the molecule is CC1(C)CN(C(=O)NCc2ccc(OCc3ccccn3)cc2)CCO1. The lowest BCUT2D eigenvalue weighted by molar-refractivity contribution is -0.0733. The van der Waals surface area contributed by atoms with Crippen LogP contribution in [0, 0.1) is 0 Å². The smallest absolute Gasteiger partial charge is 0.317 e. The Labute approximate surface area is 154 Å². The van der Waals surface area contributed by atoms with Crippen LogP contribution in [0.25, 0.3) is 0 Å². The van der Waals surface area contributed by atoms with Crippen LogP contribution in [0.2, 0.25) is 0 Å². The summed E-state index contributed by atoms with van der Waals surface area (Å²) in [6, 6.07) is 13.4. The molecule has 0 radical (unpaired) electrons. The van der Waals surface area contributed by atoms with Gasteiger partial charge < -0.3 is 19.7 Å². The molecule has 1 aromatic carbocycles. The number of hydrogen-bond donors (Lipinski definition) is 1. The zero-order chi connectivity index (χ0) is 18.4. The van der Waals surface area contributed by atoms with E-state index in [0.29, 0.717) is 32.8 Å². The Morgan fingerprint density at radius 2 is 2.08 bits per heavy atom. The number of aromatic nitrogens is 1. The second-order valence-corrected chi connectivity index (χ2v) is 6.94. The Bertz CT molecular complexity index is 717. The average molecular weight is 355 g/mol. The van der Waals surface area contributed by atoms with E-state index >= 15 is 0 Å². The fourth-order valence-electron chi connectivity index (χ4n) is 2.82. The van der Waals surface area contributed by atoms with Gasteiger partial charge in [0.2, 0.25) is 0 Å². The molecule has 0 bridgehead atoms. The van der Waals surface area contributed by atoms with Gasteiger partial charge in [-0.2, -0.15) is 0 Å². The molecule has 1 aromatic heterocycles. The quantitative estimate of drug-likeness (QED) is 0.896. The van der Waals surface area contributed by atoms with Crippen molar-refractivity contribution in [2.45, 2.75) is 32.6 Å². The summed E-state index contributed by atoms with van der Waals surface area (Å²) in [6.07, 6.45) is 1.75. The van der Waals surface area contributed by atoms with Gasteiger partial charge in [0.25, 0.3) is 0 Å². The maximum Gasteiger partial charge on any atom is 0.317 e. The molecule has 0 atom stereocenters. The molecular weight excluding hydrogens is 330 g/mol. The van der Waals surface area contributed by atoms with Crippen LogP contribution in [-0.4, -0.2) is 41.2 Å². The first-order valence-electron chi connectivity index (χ1n) is 8.80. The third-order valence-electron chi connectivity index (χ3n) is 4.19. The van der Waals surface area contributed by atoms with Gasteiger partial charge in [-0.25, -0.2) is 4.79 Å². The van der Waals surface area contributed by atoms with Gasteiger partial charge in [-0.3, -0.25) is 4.98 Å². The van der Waals surface area contributed by atoms with Crippen LogP contribution in [0.15, 0.2) is 48.7 Å². The molecule has 0 unspecified atom stereocenters. The van der Waals surface area contributed by atoms with Crippen molar-refractivity contribution in [1.29, 1.82) is 0 Å². The zero-order valence-electron chi connectivity index (χ0n) is 15.3. The number of urea groups is 1. The Kier molecular flexibility index (Phi) is 5.73. The van der Waals surface area contributed by atoms with E-state index in [1.54, 1.807) is 11.1 Å². The zero-order valence-corrected chi connectivity index (χ0v) is 15.3. The number of carbonyl (C=O) groups is 1. The maximum absolute atomic E-state index is 12.3. The van der Waals surface area contributed by atoms with Gasteiger partial charge in [-0.15, -0.1) is 0 Å². The third kappa shape index (κ3) is 5.20. The topological polar surface area (TPSA) is 63.7 Å². The van der Waals surface area contributed by atoms with Crippen LogP contribution in [0.3, 0.4) is 0 Å². The molecule has 2 heterocycles. The number of benzene rings is 1. The standard InChI is InChI=1S/C20H25N3O3/c1-20(2)15-23(11-12-26-20)19(24)22-13-16-6-8-18(9-7-16)25-14-17-5-3-4-10-21-17/h3-10H,11-15H2,1-2H3,(H,22,24). The van der Waals surface area contributed by atoms with Crippen molar-refractivity contribution in [3.8, 4) is 5.75 Å². The Balaban J connectivity index is 1.46. The van der Waals surface area contributed by atoms with Crippen LogP contribution in [0.5, 0.6) is 5.75 Å². The number of nitrogens with one attached hydrogen (secondary N) is 1. The van der Waals surface area contributed by atoms with E-state index in [4.69, 9.17) is 9.47 Å².